The van der Waals surface area contributed by atoms with Gasteiger partial charge in [0.25, 0.3) is 5.91 Å². The smallest absolute Gasteiger partial charge is 0.251 e. The first kappa shape index (κ1) is 23.4. The van der Waals surface area contributed by atoms with Gasteiger partial charge in [-0.1, -0.05) is 72.8 Å². The minimum atomic E-state index is -0.516. The Labute approximate surface area is 200 Å². The molecule has 0 unspecified atom stereocenters. The summed E-state index contributed by atoms with van der Waals surface area (Å²) in [4.78, 5) is 39.6. The lowest BCUT2D eigenvalue weighted by Gasteiger charge is -2.40. The maximum Gasteiger partial charge on any atom is 0.251 e. The molecule has 174 valence electrons. The first-order valence-corrected chi connectivity index (χ1v) is 11.8. The van der Waals surface area contributed by atoms with E-state index >= 15 is 0 Å². The third-order valence-electron chi connectivity index (χ3n) is 6.85. The molecule has 4 rings (SSSR count). The van der Waals surface area contributed by atoms with Crippen LogP contribution >= 0.6 is 0 Å². The molecule has 0 spiro atoms. The Morgan fingerprint density at radius 2 is 1.35 bits per heavy atom. The molecule has 3 aromatic carbocycles. The van der Waals surface area contributed by atoms with E-state index in [4.69, 9.17) is 0 Å². The van der Waals surface area contributed by atoms with Gasteiger partial charge in [0.2, 0.25) is 5.91 Å². The van der Waals surface area contributed by atoms with Crippen LogP contribution in [0.25, 0.3) is 11.1 Å². The molecule has 0 atom stereocenters. The fourth-order valence-electron chi connectivity index (χ4n) is 4.73. The number of nitrogens with zero attached hydrogens (tertiary/aromatic N) is 1. The molecule has 1 fully saturated rings. The molecule has 3 aromatic rings. The van der Waals surface area contributed by atoms with Crippen LogP contribution in [0.4, 0.5) is 0 Å². The molecule has 1 aliphatic heterocycles. The minimum absolute atomic E-state index is 0.00457. The van der Waals surface area contributed by atoms with Gasteiger partial charge in [-0.05, 0) is 48.6 Å². The van der Waals surface area contributed by atoms with E-state index in [-0.39, 0.29) is 30.6 Å². The summed E-state index contributed by atoms with van der Waals surface area (Å²) < 4.78 is 0. The molecule has 1 saturated heterocycles. The highest BCUT2D eigenvalue weighted by Gasteiger charge is 2.41. The second kappa shape index (κ2) is 10.5. The number of hydrogen-bond acceptors (Lipinski definition) is 3. The van der Waals surface area contributed by atoms with Crippen LogP contribution in [-0.2, 0) is 15.0 Å². The number of piperidine rings is 1. The van der Waals surface area contributed by atoms with E-state index in [9.17, 15) is 14.4 Å². The number of ketones is 1. The van der Waals surface area contributed by atoms with Crippen LogP contribution < -0.4 is 5.32 Å². The summed E-state index contributed by atoms with van der Waals surface area (Å²) in [5.74, 6) is -0.0352. The van der Waals surface area contributed by atoms with E-state index in [1.54, 1.807) is 19.1 Å². The van der Waals surface area contributed by atoms with Crippen LogP contribution in [-0.4, -0.2) is 42.1 Å². The van der Waals surface area contributed by atoms with E-state index in [2.05, 4.69) is 5.32 Å². The Morgan fingerprint density at radius 1 is 0.794 bits per heavy atom. The van der Waals surface area contributed by atoms with Crippen molar-refractivity contribution in [3.63, 3.8) is 0 Å². The van der Waals surface area contributed by atoms with Gasteiger partial charge in [0, 0.05) is 31.6 Å². The molecule has 2 amide bonds. The summed E-state index contributed by atoms with van der Waals surface area (Å²) in [5.41, 5.74) is 3.23. The number of nitrogens with one attached hydrogen (secondary N) is 1. The maximum atomic E-state index is 12.7. The normalized spacial score (nSPS) is 14.9. The number of amides is 2. The van der Waals surface area contributed by atoms with Gasteiger partial charge in [0.1, 0.15) is 5.78 Å². The predicted molar refractivity (Wildman–Crippen MR) is 133 cm³/mol. The number of benzene rings is 3. The lowest BCUT2D eigenvalue weighted by molar-refractivity contribution is -0.135. The zero-order chi connectivity index (χ0) is 24.0. The maximum absolute atomic E-state index is 12.7. The molecule has 1 aliphatic rings. The number of Topliss-reactive ketones (excluding diaryl/α,β-unsaturated/α-hetero) is 1. The van der Waals surface area contributed by atoms with Gasteiger partial charge in [0.05, 0.1) is 5.41 Å². The lowest BCUT2D eigenvalue weighted by atomic mass is 9.70. The molecular weight excluding hydrogens is 424 g/mol. The van der Waals surface area contributed by atoms with Gasteiger partial charge < -0.3 is 10.2 Å². The Hall–Kier alpha value is -3.73. The summed E-state index contributed by atoms with van der Waals surface area (Å²) in [5, 5.41) is 2.85. The van der Waals surface area contributed by atoms with Crippen LogP contribution in [0.5, 0.6) is 0 Å². The monoisotopic (exact) mass is 454 g/mol. The van der Waals surface area contributed by atoms with Crippen molar-refractivity contribution < 1.29 is 14.4 Å². The fraction of sp³-hybridized carbons (Fsp3) is 0.276. The number of carbonyl (C=O) groups excluding carboxylic acids is 3. The Balaban J connectivity index is 1.27. The first-order chi connectivity index (χ1) is 16.5. The molecule has 0 radical (unpaired) electrons. The van der Waals surface area contributed by atoms with Crippen molar-refractivity contribution in [1.82, 2.24) is 10.2 Å². The van der Waals surface area contributed by atoms with Crippen molar-refractivity contribution in [1.29, 1.82) is 0 Å². The van der Waals surface area contributed by atoms with Crippen LogP contribution in [0, 0.1) is 0 Å². The van der Waals surface area contributed by atoms with E-state index in [0.29, 0.717) is 31.5 Å². The van der Waals surface area contributed by atoms with Gasteiger partial charge in [-0.15, -0.1) is 0 Å². The summed E-state index contributed by atoms with van der Waals surface area (Å²) in [7, 11) is 0. The number of hydrogen-bond donors (Lipinski definition) is 1. The molecule has 1 N–H and O–H groups in total. The van der Waals surface area contributed by atoms with Gasteiger partial charge in [-0.3, -0.25) is 14.4 Å². The second-order valence-corrected chi connectivity index (χ2v) is 8.83. The van der Waals surface area contributed by atoms with E-state index in [0.717, 1.165) is 16.7 Å². The molecule has 34 heavy (non-hydrogen) atoms. The van der Waals surface area contributed by atoms with Gasteiger partial charge in [-0.2, -0.15) is 0 Å². The quantitative estimate of drug-likeness (QED) is 0.566. The highest BCUT2D eigenvalue weighted by molar-refractivity contribution is 5.95. The largest absolute Gasteiger partial charge is 0.352 e. The highest BCUT2D eigenvalue weighted by atomic mass is 16.2. The van der Waals surface area contributed by atoms with Crippen LogP contribution in [0.2, 0.25) is 0 Å². The number of carbonyl (C=O) groups is 3. The fourth-order valence-corrected chi connectivity index (χ4v) is 4.73. The zero-order valence-corrected chi connectivity index (χ0v) is 19.5. The third-order valence-corrected chi connectivity index (χ3v) is 6.85. The third kappa shape index (κ3) is 5.09. The highest BCUT2D eigenvalue weighted by Crippen LogP contribution is 2.36. The summed E-state index contributed by atoms with van der Waals surface area (Å²) in [6.45, 7) is 3.02. The van der Waals surface area contributed by atoms with Crippen molar-refractivity contribution in [3.05, 3.63) is 96.1 Å². The van der Waals surface area contributed by atoms with Crippen molar-refractivity contribution >= 4 is 17.6 Å². The summed E-state index contributed by atoms with van der Waals surface area (Å²) in [6.07, 6.45) is 1.49. The molecule has 0 aliphatic carbocycles. The summed E-state index contributed by atoms with van der Waals surface area (Å²) >= 11 is 0. The van der Waals surface area contributed by atoms with Crippen molar-refractivity contribution in [3.8, 4) is 11.1 Å². The first-order valence-electron chi connectivity index (χ1n) is 11.8. The lowest BCUT2D eigenvalue weighted by Crippen LogP contribution is -2.48. The standard InChI is InChI=1S/C29H30N2O3/c1-22(32)29(26-10-6-3-7-11-26)17-20-31(21-18-29)27(33)16-19-30-28(34)25-14-12-24(13-15-25)23-8-4-2-5-9-23/h2-15H,16-21H2,1H3,(H,30,34). The van der Waals surface area contributed by atoms with Crippen LogP contribution in [0.1, 0.15) is 42.1 Å². The SMILES string of the molecule is CC(=O)C1(c2ccccc2)CCN(C(=O)CCNC(=O)c2ccc(-c3ccccc3)cc2)CC1. The van der Waals surface area contributed by atoms with E-state index in [1.165, 1.54) is 0 Å². The van der Waals surface area contributed by atoms with Crippen LogP contribution in [0.15, 0.2) is 84.9 Å². The average Bonchev–Trinajstić information content (AvgIpc) is 2.89. The zero-order valence-electron chi connectivity index (χ0n) is 19.5. The molecule has 5 nitrogen and oxygen atoms in total. The molecule has 0 saturated carbocycles. The average molecular weight is 455 g/mol. The van der Waals surface area contributed by atoms with E-state index in [1.807, 2.05) is 77.7 Å². The Bertz CT molecular complexity index is 1130. The van der Waals surface area contributed by atoms with Crippen LogP contribution in [0.3, 0.4) is 0 Å². The topological polar surface area (TPSA) is 66.5 Å². The van der Waals surface area contributed by atoms with Gasteiger partial charge >= 0.3 is 0 Å². The van der Waals surface area contributed by atoms with Crippen molar-refractivity contribution in [2.45, 2.75) is 31.6 Å². The predicted octanol–water partition coefficient (Wildman–Crippen LogP) is 4.62. The molecular formula is C29H30N2O3. The van der Waals surface area contributed by atoms with Crippen molar-refractivity contribution in [2.75, 3.05) is 19.6 Å². The molecule has 1 heterocycles. The Morgan fingerprint density at radius 3 is 1.94 bits per heavy atom. The Kier molecular flexibility index (Phi) is 7.21. The second-order valence-electron chi connectivity index (χ2n) is 8.83. The molecule has 0 aromatic heterocycles. The van der Waals surface area contributed by atoms with E-state index < -0.39 is 5.41 Å². The van der Waals surface area contributed by atoms with Gasteiger partial charge in [-0.25, -0.2) is 0 Å². The molecule has 0 bridgehead atoms. The van der Waals surface area contributed by atoms with Gasteiger partial charge in [0.15, 0.2) is 0 Å². The summed E-state index contributed by atoms with van der Waals surface area (Å²) in [6, 6.07) is 27.3. The minimum Gasteiger partial charge on any atom is -0.352 e. The van der Waals surface area contributed by atoms with Crippen molar-refractivity contribution in [2.24, 2.45) is 0 Å². The molecule has 5 heteroatoms. The number of likely N-dealkylation sites (tertiary alicyclic amines) is 1. The number of rotatable bonds is 7.